The van der Waals surface area contributed by atoms with Gasteiger partial charge in [0, 0.05) is 18.7 Å². The Morgan fingerprint density at radius 1 is 1.29 bits per heavy atom. The van der Waals surface area contributed by atoms with Gasteiger partial charge in [0.25, 0.3) is 0 Å². The van der Waals surface area contributed by atoms with Crippen molar-refractivity contribution in [1.29, 1.82) is 0 Å². The Hall–Kier alpha value is -1.70. The van der Waals surface area contributed by atoms with Gasteiger partial charge in [-0.3, -0.25) is 9.59 Å². The molecule has 0 radical (unpaired) electrons. The zero-order chi connectivity index (χ0) is 15.9. The lowest BCUT2D eigenvalue weighted by Gasteiger charge is -2.09. The fraction of sp³-hybridized carbons (Fsp3) is 0.385. The Kier molecular flexibility index (Phi) is 6.54. The summed E-state index contributed by atoms with van der Waals surface area (Å²) in [6.45, 7) is 0.0310. The monoisotopic (exact) mass is 320 g/mol. The zero-order valence-electron chi connectivity index (χ0n) is 11.1. The van der Waals surface area contributed by atoms with Crippen molar-refractivity contribution in [1.82, 2.24) is 5.32 Å². The van der Waals surface area contributed by atoms with Crippen LogP contribution in [0.15, 0.2) is 24.3 Å². The highest BCUT2D eigenvalue weighted by Crippen LogP contribution is 2.29. The summed E-state index contributed by atoms with van der Waals surface area (Å²) in [7, 11) is 0. The number of primary amides is 1. The minimum atomic E-state index is -4.40. The Balaban J connectivity index is 2.38. The molecule has 0 unspecified atom stereocenters. The van der Waals surface area contributed by atoms with Crippen LogP contribution in [0.25, 0.3) is 0 Å². The number of carbonyl (C=O) groups is 2. The molecule has 0 fully saturated rings. The standard InChI is InChI=1S/C13H15F3N2O2S/c14-13(15,16)10-3-1-2-9(6-10)7-18-12(20)4-5-21-8-11(17)19/h1-3,6H,4-5,7-8H2,(H2,17,19)(H,18,20). The molecule has 2 amide bonds. The van der Waals surface area contributed by atoms with Gasteiger partial charge in [-0.25, -0.2) is 0 Å². The molecular weight excluding hydrogens is 305 g/mol. The van der Waals surface area contributed by atoms with E-state index in [1.54, 1.807) is 0 Å². The van der Waals surface area contributed by atoms with Gasteiger partial charge in [-0.2, -0.15) is 24.9 Å². The molecule has 0 heterocycles. The van der Waals surface area contributed by atoms with Gasteiger partial charge in [-0.1, -0.05) is 12.1 Å². The molecule has 21 heavy (non-hydrogen) atoms. The maximum atomic E-state index is 12.5. The van der Waals surface area contributed by atoms with E-state index < -0.39 is 17.6 Å². The average molecular weight is 320 g/mol. The van der Waals surface area contributed by atoms with Gasteiger partial charge in [-0.15, -0.1) is 0 Å². The van der Waals surface area contributed by atoms with Gasteiger partial charge >= 0.3 is 6.18 Å². The minimum Gasteiger partial charge on any atom is -0.369 e. The number of hydrogen-bond donors (Lipinski definition) is 2. The van der Waals surface area contributed by atoms with Gasteiger partial charge in [0.2, 0.25) is 11.8 Å². The van der Waals surface area contributed by atoms with Crippen molar-refractivity contribution in [2.45, 2.75) is 19.1 Å². The molecule has 0 saturated carbocycles. The number of benzene rings is 1. The highest BCUT2D eigenvalue weighted by atomic mass is 32.2. The van der Waals surface area contributed by atoms with Gasteiger partial charge < -0.3 is 11.1 Å². The second kappa shape index (κ2) is 7.92. The summed E-state index contributed by atoms with van der Waals surface area (Å²) in [5, 5.41) is 2.53. The lowest BCUT2D eigenvalue weighted by atomic mass is 10.1. The molecule has 1 aromatic rings. The molecule has 0 bridgehead atoms. The Bertz CT molecular complexity index is 506. The molecule has 0 aliphatic heterocycles. The van der Waals surface area contributed by atoms with Gasteiger partial charge in [0.1, 0.15) is 0 Å². The molecule has 0 aliphatic rings. The maximum Gasteiger partial charge on any atom is 0.416 e. The predicted molar refractivity (Wildman–Crippen MR) is 74.4 cm³/mol. The second-order valence-corrected chi connectivity index (χ2v) is 5.35. The molecule has 0 aromatic heterocycles. The smallest absolute Gasteiger partial charge is 0.369 e. The van der Waals surface area contributed by atoms with Gasteiger partial charge in [0.15, 0.2) is 0 Å². The molecule has 4 nitrogen and oxygen atoms in total. The average Bonchev–Trinajstić information content (AvgIpc) is 2.40. The fourth-order valence-electron chi connectivity index (χ4n) is 1.48. The molecule has 0 aliphatic carbocycles. The van der Waals surface area contributed by atoms with Crippen LogP contribution in [-0.4, -0.2) is 23.3 Å². The molecular formula is C13H15F3N2O2S. The van der Waals surface area contributed by atoms with Crippen LogP contribution < -0.4 is 11.1 Å². The number of nitrogens with one attached hydrogen (secondary N) is 1. The summed E-state index contributed by atoms with van der Waals surface area (Å²) >= 11 is 1.23. The van der Waals surface area contributed by atoms with Crippen molar-refractivity contribution < 1.29 is 22.8 Å². The summed E-state index contributed by atoms with van der Waals surface area (Å²) in [4.78, 5) is 22.0. The van der Waals surface area contributed by atoms with Crippen molar-refractivity contribution in [3.05, 3.63) is 35.4 Å². The van der Waals surface area contributed by atoms with E-state index in [0.717, 1.165) is 12.1 Å². The number of rotatable bonds is 7. The third-order valence-corrected chi connectivity index (χ3v) is 3.44. The van der Waals surface area contributed by atoms with Crippen LogP contribution >= 0.6 is 11.8 Å². The molecule has 3 N–H and O–H groups in total. The number of hydrogen-bond acceptors (Lipinski definition) is 3. The van der Waals surface area contributed by atoms with Crippen molar-refractivity contribution in [2.24, 2.45) is 5.73 Å². The van der Waals surface area contributed by atoms with E-state index in [4.69, 9.17) is 5.73 Å². The van der Waals surface area contributed by atoms with Crippen LogP contribution in [0.5, 0.6) is 0 Å². The van der Waals surface area contributed by atoms with Crippen LogP contribution in [0.1, 0.15) is 17.5 Å². The zero-order valence-corrected chi connectivity index (χ0v) is 11.9. The van der Waals surface area contributed by atoms with E-state index in [0.29, 0.717) is 11.3 Å². The normalized spacial score (nSPS) is 11.2. The topological polar surface area (TPSA) is 72.2 Å². The molecule has 0 atom stereocenters. The summed E-state index contributed by atoms with van der Waals surface area (Å²) in [6.07, 6.45) is -4.22. The molecule has 1 rings (SSSR count). The largest absolute Gasteiger partial charge is 0.416 e. The van der Waals surface area contributed by atoms with Crippen LogP contribution in [0, 0.1) is 0 Å². The first-order chi connectivity index (χ1) is 9.79. The summed E-state index contributed by atoms with van der Waals surface area (Å²) in [5.74, 6) is -0.174. The van der Waals surface area contributed by atoms with E-state index in [1.165, 1.54) is 23.9 Å². The Morgan fingerprint density at radius 3 is 2.62 bits per heavy atom. The van der Waals surface area contributed by atoms with Crippen molar-refractivity contribution in [3.63, 3.8) is 0 Å². The SMILES string of the molecule is NC(=O)CSCCC(=O)NCc1cccc(C(F)(F)F)c1. The number of halogens is 3. The number of amides is 2. The lowest BCUT2D eigenvalue weighted by molar-refractivity contribution is -0.137. The van der Waals surface area contributed by atoms with Crippen molar-refractivity contribution in [2.75, 3.05) is 11.5 Å². The van der Waals surface area contributed by atoms with E-state index >= 15 is 0 Å². The Labute approximate surface area is 124 Å². The first-order valence-corrected chi connectivity index (χ1v) is 7.23. The summed E-state index contributed by atoms with van der Waals surface area (Å²) in [6, 6.07) is 4.79. The number of carbonyl (C=O) groups excluding carboxylic acids is 2. The van der Waals surface area contributed by atoms with E-state index in [2.05, 4.69) is 5.32 Å². The summed E-state index contributed by atoms with van der Waals surface area (Å²) < 4.78 is 37.5. The first-order valence-electron chi connectivity index (χ1n) is 6.08. The minimum absolute atomic E-state index is 0.0310. The van der Waals surface area contributed by atoms with Crippen LogP contribution in [0.4, 0.5) is 13.2 Å². The first kappa shape index (κ1) is 17.4. The molecule has 8 heteroatoms. The van der Waals surface area contributed by atoms with Crippen molar-refractivity contribution in [3.8, 4) is 0 Å². The second-order valence-electron chi connectivity index (χ2n) is 4.24. The predicted octanol–water partition coefficient (Wildman–Crippen LogP) is 1.93. The van der Waals surface area contributed by atoms with Crippen molar-refractivity contribution >= 4 is 23.6 Å². The fourth-order valence-corrected chi connectivity index (χ4v) is 2.16. The maximum absolute atomic E-state index is 12.5. The number of thioether (sulfide) groups is 1. The van der Waals surface area contributed by atoms with Crippen LogP contribution in [0.3, 0.4) is 0 Å². The van der Waals surface area contributed by atoms with E-state index in [9.17, 15) is 22.8 Å². The highest BCUT2D eigenvalue weighted by molar-refractivity contribution is 7.99. The number of nitrogens with two attached hydrogens (primary N) is 1. The third kappa shape index (κ3) is 7.03. The van der Waals surface area contributed by atoms with Crippen LogP contribution in [0.2, 0.25) is 0 Å². The molecule has 0 spiro atoms. The third-order valence-electron chi connectivity index (χ3n) is 2.46. The number of alkyl halides is 3. The Morgan fingerprint density at radius 2 is 2.00 bits per heavy atom. The molecule has 116 valence electrons. The lowest BCUT2D eigenvalue weighted by Crippen LogP contribution is -2.23. The van der Waals surface area contributed by atoms with Crippen LogP contribution in [-0.2, 0) is 22.3 Å². The van der Waals surface area contributed by atoms with E-state index in [-0.39, 0.29) is 24.6 Å². The van der Waals surface area contributed by atoms with E-state index in [1.807, 2.05) is 0 Å². The highest BCUT2D eigenvalue weighted by Gasteiger charge is 2.30. The molecule has 0 saturated heterocycles. The quantitative estimate of drug-likeness (QED) is 0.754. The molecule has 1 aromatic carbocycles. The van der Waals surface area contributed by atoms with Gasteiger partial charge in [0.05, 0.1) is 11.3 Å². The van der Waals surface area contributed by atoms with Gasteiger partial charge in [-0.05, 0) is 17.7 Å². The summed E-state index contributed by atoms with van der Waals surface area (Å²) in [5.41, 5.74) is 4.57.